The first kappa shape index (κ1) is 13.2. The first-order chi connectivity index (χ1) is 5.85. The second-order valence-electron chi connectivity index (χ2n) is 2.13. The van der Waals surface area contributed by atoms with Gasteiger partial charge < -0.3 is 5.11 Å². The standard InChI is InChI=1S/C7H14Cl2OS2/c8-1-3-12-7(5-9)6-11-4-2-10/h7,10H,1-6H2. The quantitative estimate of drug-likeness (QED) is 0.526. The van der Waals surface area contributed by atoms with Gasteiger partial charge in [-0.3, -0.25) is 0 Å². The molecule has 0 bridgehead atoms. The van der Waals surface area contributed by atoms with Gasteiger partial charge in [0.2, 0.25) is 0 Å². The van der Waals surface area contributed by atoms with Crippen molar-refractivity contribution in [2.75, 3.05) is 35.6 Å². The monoisotopic (exact) mass is 248 g/mol. The molecule has 5 heteroatoms. The number of aliphatic hydroxyl groups is 1. The van der Waals surface area contributed by atoms with Crippen LogP contribution in [-0.2, 0) is 0 Å². The van der Waals surface area contributed by atoms with Crippen LogP contribution in [0.25, 0.3) is 0 Å². The highest BCUT2D eigenvalue weighted by molar-refractivity contribution is 8.03. The SMILES string of the molecule is OCCSCC(CCl)SCCCl. The Morgan fingerprint density at radius 1 is 1.25 bits per heavy atom. The molecule has 0 amide bonds. The minimum atomic E-state index is 0.250. The smallest absolute Gasteiger partial charge is 0.0521 e. The van der Waals surface area contributed by atoms with Crippen LogP contribution >= 0.6 is 46.7 Å². The van der Waals surface area contributed by atoms with Crippen LogP contribution in [0.4, 0.5) is 0 Å². The summed E-state index contributed by atoms with van der Waals surface area (Å²) in [6.45, 7) is 0.250. The van der Waals surface area contributed by atoms with Crippen molar-refractivity contribution in [3.8, 4) is 0 Å². The second-order valence-corrected chi connectivity index (χ2v) is 5.38. The predicted octanol–water partition coefficient (Wildman–Crippen LogP) is 2.29. The average molecular weight is 249 g/mol. The van der Waals surface area contributed by atoms with E-state index >= 15 is 0 Å². The van der Waals surface area contributed by atoms with E-state index in [9.17, 15) is 0 Å². The number of thioether (sulfide) groups is 2. The number of hydrogen-bond donors (Lipinski definition) is 1. The van der Waals surface area contributed by atoms with E-state index in [4.69, 9.17) is 28.3 Å². The summed E-state index contributed by atoms with van der Waals surface area (Å²) in [6.07, 6.45) is 0. The summed E-state index contributed by atoms with van der Waals surface area (Å²) in [7, 11) is 0. The molecule has 0 aromatic carbocycles. The van der Waals surface area contributed by atoms with E-state index in [0.717, 1.165) is 17.3 Å². The summed E-state index contributed by atoms with van der Waals surface area (Å²) in [4.78, 5) is 0. The summed E-state index contributed by atoms with van der Waals surface area (Å²) >= 11 is 14.8. The normalized spacial score (nSPS) is 13.2. The summed E-state index contributed by atoms with van der Waals surface area (Å²) in [5.41, 5.74) is 0. The van der Waals surface area contributed by atoms with Gasteiger partial charge in [-0.15, -0.1) is 23.2 Å². The highest BCUT2D eigenvalue weighted by Gasteiger charge is 2.06. The lowest BCUT2D eigenvalue weighted by Gasteiger charge is -2.11. The van der Waals surface area contributed by atoms with Crippen LogP contribution < -0.4 is 0 Å². The van der Waals surface area contributed by atoms with Gasteiger partial charge in [-0.2, -0.15) is 23.5 Å². The van der Waals surface area contributed by atoms with Crippen molar-refractivity contribution < 1.29 is 5.11 Å². The molecule has 0 aliphatic carbocycles. The van der Waals surface area contributed by atoms with Crippen molar-refractivity contribution in [3.63, 3.8) is 0 Å². The minimum Gasteiger partial charge on any atom is -0.396 e. The topological polar surface area (TPSA) is 20.2 Å². The zero-order valence-corrected chi connectivity index (χ0v) is 9.98. The lowest BCUT2D eigenvalue weighted by atomic mass is 10.6. The van der Waals surface area contributed by atoms with Gasteiger partial charge in [0.15, 0.2) is 0 Å². The van der Waals surface area contributed by atoms with Gasteiger partial charge in [0, 0.05) is 34.3 Å². The molecule has 0 aliphatic heterocycles. The van der Waals surface area contributed by atoms with E-state index in [1.165, 1.54) is 0 Å². The number of rotatable bonds is 8. The molecular formula is C7H14Cl2OS2. The first-order valence-electron chi connectivity index (χ1n) is 3.77. The molecule has 0 heterocycles. The number of hydrogen-bond acceptors (Lipinski definition) is 3. The Morgan fingerprint density at radius 2 is 2.00 bits per heavy atom. The molecule has 0 saturated heterocycles. The second kappa shape index (κ2) is 10.3. The van der Waals surface area contributed by atoms with Gasteiger partial charge in [0.05, 0.1) is 6.61 Å². The van der Waals surface area contributed by atoms with Crippen LogP contribution in [0.15, 0.2) is 0 Å². The lowest BCUT2D eigenvalue weighted by molar-refractivity contribution is 0.322. The highest BCUT2D eigenvalue weighted by Crippen LogP contribution is 2.17. The third-order valence-corrected chi connectivity index (χ3v) is 4.68. The van der Waals surface area contributed by atoms with Crippen molar-refractivity contribution in [1.82, 2.24) is 0 Å². The largest absolute Gasteiger partial charge is 0.396 e. The molecular weight excluding hydrogens is 235 g/mol. The Morgan fingerprint density at radius 3 is 2.50 bits per heavy atom. The number of halogens is 2. The lowest BCUT2D eigenvalue weighted by Crippen LogP contribution is -2.10. The van der Waals surface area contributed by atoms with Crippen LogP contribution in [0.3, 0.4) is 0 Å². The third kappa shape index (κ3) is 7.87. The van der Waals surface area contributed by atoms with Crippen molar-refractivity contribution in [2.45, 2.75) is 5.25 Å². The molecule has 0 fully saturated rings. The van der Waals surface area contributed by atoms with E-state index in [0.29, 0.717) is 17.0 Å². The summed E-state index contributed by atoms with van der Waals surface area (Å²) in [5, 5.41) is 9.02. The molecule has 1 nitrogen and oxygen atoms in total. The van der Waals surface area contributed by atoms with E-state index in [2.05, 4.69) is 0 Å². The van der Waals surface area contributed by atoms with Gasteiger partial charge in [0.1, 0.15) is 0 Å². The van der Waals surface area contributed by atoms with E-state index in [1.54, 1.807) is 23.5 Å². The maximum absolute atomic E-state index is 8.55. The first-order valence-corrected chi connectivity index (χ1v) is 7.04. The van der Waals surface area contributed by atoms with Crippen LogP contribution in [0, 0.1) is 0 Å². The predicted molar refractivity (Wildman–Crippen MR) is 62.1 cm³/mol. The molecule has 0 rings (SSSR count). The zero-order valence-electron chi connectivity index (χ0n) is 6.84. The molecule has 0 aromatic rings. The van der Waals surface area contributed by atoms with Crippen LogP contribution in [0.1, 0.15) is 0 Å². The average Bonchev–Trinajstić information content (AvgIpc) is 2.11. The van der Waals surface area contributed by atoms with Gasteiger partial charge in [0.25, 0.3) is 0 Å². The number of alkyl halides is 2. The summed E-state index contributed by atoms with van der Waals surface area (Å²) < 4.78 is 0. The van der Waals surface area contributed by atoms with Crippen molar-refractivity contribution in [2.24, 2.45) is 0 Å². The molecule has 0 spiro atoms. The maximum atomic E-state index is 8.55. The molecule has 1 unspecified atom stereocenters. The Bertz CT molecular complexity index is 95.5. The fourth-order valence-corrected chi connectivity index (χ4v) is 3.26. The van der Waals surface area contributed by atoms with E-state index < -0.39 is 0 Å². The third-order valence-electron chi connectivity index (χ3n) is 1.14. The van der Waals surface area contributed by atoms with E-state index in [-0.39, 0.29) is 6.61 Å². The van der Waals surface area contributed by atoms with Crippen LogP contribution in [0.5, 0.6) is 0 Å². The molecule has 12 heavy (non-hydrogen) atoms. The molecule has 0 radical (unpaired) electrons. The van der Waals surface area contributed by atoms with Crippen LogP contribution in [0.2, 0.25) is 0 Å². The zero-order chi connectivity index (χ0) is 9.23. The highest BCUT2D eigenvalue weighted by atomic mass is 35.5. The molecule has 1 N–H and O–H groups in total. The molecule has 0 aliphatic rings. The van der Waals surface area contributed by atoms with Crippen molar-refractivity contribution >= 4 is 46.7 Å². The van der Waals surface area contributed by atoms with Crippen LogP contribution in [-0.4, -0.2) is 46.0 Å². The molecule has 0 saturated carbocycles. The van der Waals surface area contributed by atoms with Gasteiger partial charge in [-0.1, -0.05) is 0 Å². The summed E-state index contributed by atoms with van der Waals surface area (Å²) in [5.74, 6) is 4.11. The number of aliphatic hydroxyl groups excluding tert-OH is 1. The Kier molecular flexibility index (Phi) is 11.4. The van der Waals surface area contributed by atoms with Gasteiger partial charge in [-0.05, 0) is 0 Å². The Hall–Kier alpha value is 1.24. The fraction of sp³-hybridized carbons (Fsp3) is 1.00. The fourth-order valence-electron chi connectivity index (χ4n) is 0.628. The van der Waals surface area contributed by atoms with Gasteiger partial charge >= 0.3 is 0 Å². The molecule has 74 valence electrons. The Balaban J connectivity index is 3.26. The Labute approximate surface area is 92.6 Å². The van der Waals surface area contributed by atoms with Crippen molar-refractivity contribution in [3.05, 3.63) is 0 Å². The maximum Gasteiger partial charge on any atom is 0.0521 e. The molecule has 1 atom stereocenters. The van der Waals surface area contributed by atoms with Crippen molar-refractivity contribution in [1.29, 1.82) is 0 Å². The van der Waals surface area contributed by atoms with Gasteiger partial charge in [-0.25, -0.2) is 0 Å². The minimum absolute atomic E-state index is 0.250. The van der Waals surface area contributed by atoms with E-state index in [1.807, 2.05) is 0 Å². The summed E-state index contributed by atoms with van der Waals surface area (Å²) in [6, 6.07) is 0. The molecule has 0 aromatic heterocycles.